The normalized spacial score (nSPS) is 28.0. The molecule has 0 saturated heterocycles. The molecule has 0 atom stereocenters. The zero-order chi connectivity index (χ0) is 6.10. The summed E-state index contributed by atoms with van der Waals surface area (Å²) in [6.07, 6.45) is 7.33. The Hall–Kier alpha value is -0.0400. The van der Waals surface area contributed by atoms with Gasteiger partial charge >= 0.3 is 0 Å². The van der Waals surface area contributed by atoms with Gasteiger partial charge in [-0.25, -0.2) is 0 Å². The van der Waals surface area contributed by atoms with E-state index in [1.165, 1.54) is 38.6 Å². The van der Waals surface area contributed by atoms with Gasteiger partial charge in [0.2, 0.25) is 0 Å². The van der Waals surface area contributed by atoms with Crippen molar-refractivity contribution in [3.05, 3.63) is 0 Å². The van der Waals surface area contributed by atoms with Crippen molar-refractivity contribution in [3.8, 4) is 0 Å². The van der Waals surface area contributed by atoms with E-state index in [0.717, 1.165) is 12.0 Å². The molecule has 0 amide bonds. The lowest BCUT2D eigenvalue weighted by Crippen LogP contribution is -2.28. The fraction of sp³-hybridized carbons (Fsp3) is 1.00. The van der Waals surface area contributed by atoms with E-state index < -0.39 is 0 Å². The van der Waals surface area contributed by atoms with Gasteiger partial charge in [0.05, 0.1) is 0 Å². The van der Waals surface area contributed by atoms with Crippen LogP contribution in [0.25, 0.3) is 0 Å². The summed E-state index contributed by atoms with van der Waals surface area (Å²) in [4.78, 5) is 0. The first kappa shape index (κ1) is 5.72. The Kier molecular flexibility index (Phi) is 1.46. The molecule has 52 valence electrons. The van der Waals surface area contributed by atoms with Crippen molar-refractivity contribution in [3.63, 3.8) is 0 Å². The molecular formula is C8H15N. The monoisotopic (exact) mass is 125 g/mol. The third kappa shape index (κ3) is 1.45. The molecule has 1 nitrogen and oxygen atoms in total. The maximum absolute atomic E-state index is 3.56. The zero-order valence-electron chi connectivity index (χ0n) is 5.90. The standard InChI is InChI=1S/C8H15N/c1-2-7(3-1)6-9-8-4-5-8/h7-9H,1-6H2. The highest BCUT2D eigenvalue weighted by molar-refractivity contribution is 4.83. The largest absolute Gasteiger partial charge is 0.314 e. The maximum Gasteiger partial charge on any atom is 0.00683 e. The van der Waals surface area contributed by atoms with Gasteiger partial charge in [-0.1, -0.05) is 6.42 Å². The average molecular weight is 125 g/mol. The summed E-state index contributed by atoms with van der Waals surface area (Å²) >= 11 is 0. The molecule has 2 aliphatic carbocycles. The van der Waals surface area contributed by atoms with Crippen LogP contribution in [0, 0.1) is 5.92 Å². The smallest absolute Gasteiger partial charge is 0.00683 e. The van der Waals surface area contributed by atoms with E-state index in [4.69, 9.17) is 0 Å². The van der Waals surface area contributed by atoms with Crippen molar-refractivity contribution >= 4 is 0 Å². The molecule has 1 N–H and O–H groups in total. The molecule has 0 radical (unpaired) electrons. The minimum absolute atomic E-state index is 0.922. The highest BCUT2D eigenvalue weighted by atomic mass is 14.9. The van der Waals surface area contributed by atoms with Crippen molar-refractivity contribution < 1.29 is 0 Å². The molecule has 2 saturated carbocycles. The van der Waals surface area contributed by atoms with E-state index >= 15 is 0 Å². The highest BCUT2D eigenvalue weighted by Gasteiger charge is 2.23. The van der Waals surface area contributed by atoms with Crippen molar-refractivity contribution in [2.45, 2.75) is 38.1 Å². The van der Waals surface area contributed by atoms with Gasteiger partial charge in [0, 0.05) is 6.04 Å². The number of nitrogens with one attached hydrogen (secondary N) is 1. The van der Waals surface area contributed by atoms with Crippen molar-refractivity contribution in [2.75, 3.05) is 6.54 Å². The second-order valence-electron chi connectivity index (χ2n) is 3.48. The van der Waals surface area contributed by atoms with Gasteiger partial charge in [-0.15, -0.1) is 0 Å². The van der Waals surface area contributed by atoms with Crippen LogP contribution in [0.15, 0.2) is 0 Å². The summed E-state index contributed by atoms with van der Waals surface area (Å²) in [5, 5.41) is 3.56. The van der Waals surface area contributed by atoms with E-state index in [0.29, 0.717) is 0 Å². The SMILES string of the molecule is C1CC(CNC2CC2)C1. The van der Waals surface area contributed by atoms with Crippen LogP contribution in [0.1, 0.15) is 32.1 Å². The second-order valence-corrected chi connectivity index (χ2v) is 3.48. The van der Waals surface area contributed by atoms with Gasteiger partial charge in [-0.05, 0) is 38.1 Å². The van der Waals surface area contributed by atoms with E-state index in [2.05, 4.69) is 5.32 Å². The van der Waals surface area contributed by atoms with Crippen LogP contribution in [0.3, 0.4) is 0 Å². The predicted molar refractivity (Wildman–Crippen MR) is 38.4 cm³/mol. The van der Waals surface area contributed by atoms with Crippen LogP contribution in [-0.2, 0) is 0 Å². The number of rotatable bonds is 3. The van der Waals surface area contributed by atoms with Crippen LogP contribution in [-0.4, -0.2) is 12.6 Å². The zero-order valence-corrected chi connectivity index (χ0v) is 5.90. The first-order valence-corrected chi connectivity index (χ1v) is 4.18. The maximum atomic E-state index is 3.56. The molecule has 0 aromatic carbocycles. The van der Waals surface area contributed by atoms with E-state index in [-0.39, 0.29) is 0 Å². The van der Waals surface area contributed by atoms with Gasteiger partial charge < -0.3 is 5.32 Å². The third-order valence-electron chi connectivity index (χ3n) is 2.50. The molecule has 0 aliphatic heterocycles. The third-order valence-corrected chi connectivity index (χ3v) is 2.50. The first-order chi connectivity index (χ1) is 4.45. The second kappa shape index (κ2) is 2.30. The predicted octanol–water partition coefficient (Wildman–Crippen LogP) is 1.54. The van der Waals surface area contributed by atoms with Crippen LogP contribution in [0.5, 0.6) is 0 Å². The van der Waals surface area contributed by atoms with Crippen molar-refractivity contribution in [1.29, 1.82) is 0 Å². The minimum Gasteiger partial charge on any atom is -0.314 e. The highest BCUT2D eigenvalue weighted by Crippen LogP contribution is 2.27. The molecule has 0 bridgehead atoms. The quantitative estimate of drug-likeness (QED) is 0.603. The number of hydrogen-bond donors (Lipinski definition) is 1. The molecular weight excluding hydrogens is 110 g/mol. The van der Waals surface area contributed by atoms with Gasteiger partial charge in [0.15, 0.2) is 0 Å². The Morgan fingerprint density at radius 3 is 2.33 bits per heavy atom. The summed E-state index contributed by atoms with van der Waals surface area (Å²) in [6, 6.07) is 0.922. The molecule has 2 aliphatic rings. The molecule has 0 heterocycles. The lowest BCUT2D eigenvalue weighted by Gasteiger charge is -2.25. The van der Waals surface area contributed by atoms with Crippen LogP contribution in [0.4, 0.5) is 0 Å². The Morgan fingerprint density at radius 1 is 1.11 bits per heavy atom. The van der Waals surface area contributed by atoms with Gasteiger partial charge in [0.25, 0.3) is 0 Å². The Morgan fingerprint density at radius 2 is 1.89 bits per heavy atom. The Balaban J connectivity index is 1.55. The summed E-state index contributed by atoms with van der Waals surface area (Å²) in [6.45, 7) is 1.31. The fourth-order valence-corrected chi connectivity index (χ4v) is 1.32. The Labute approximate surface area is 56.8 Å². The first-order valence-electron chi connectivity index (χ1n) is 4.18. The van der Waals surface area contributed by atoms with Crippen molar-refractivity contribution in [1.82, 2.24) is 5.32 Å². The summed E-state index contributed by atoms with van der Waals surface area (Å²) in [5.41, 5.74) is 0. The van der Waals surface area contributed by atoms with Gasteiger partial charge in [0.1, 0.15) is 0 Å². The number of hydrogen-bond acceptors (Lipinski definition) is 1. The average Bonchev–Trinajstić information content (AvgIpc) is 2.44. The molecule has 1 heteroatoms. The fourth-order valence-electron chi connectivity index (χ4n) is 1.32. The van der Waals surface area contributed by atoms with E-state index in [1.807, 2.05) is 0 Å². The van der Waals surface area contributed by atoms with Gasteiger partial charge in [-0.2, -0.15) is 0 Å². The summed E-state index contributed by atoms with van der Waals surface area (Å²) in [7, 11) is 0. The molecule has 9 heavy (non-hydrogen) atoms. The summed E-state index contributed by atoms with van der Waals surface area (Å²) < 4.78 is 0. The van der Waals surface area contributed by atoms with Gasteiger partial charge in [-0.3, -0.25) is 0 Å². The molecule has 0 aromatic heterocycles. The van der Waals surface area contributed by atoms with Crippen LogP contribution >= 0.6 is 0 Å². The molecule has 0 spiro atoms. The topological polar surface area (TPSA) is 12.0 Å². The summed E-state index contributed by atoms with van der Waals surface area (Å²) in [5.74, 6) is 1.05. The lowest BCUT2D eigenvalue weighted by molar-refractivity contribution is 0.301. The van der Waals surface area contributed by atoms with Crippen molar-refractivity contribution in [2.24, 2.45) is 5.92 Å². The molecule has 2 fully saturated rings. The molecule has 0 unspecified atom stereocenters. The lowest BCUT2D eigenvalue weighted by atomic mass is 9.85. The Bertz CT molecular complexity index is 92.7. The molecule has 0 aromatic rings. The minimum atomic E-state index is 0.922. The van der Waals surface area contributed by atoms with Crippen LogP contribution in [0.2, 0.25) is 0 Å². The van der Waals surface area contributed by atoms with Crippen LogP contribution < -0.4 is 5.32 Å². The van der Waals surface area contributed by atoms with E-state index in [1.54, 1.807) is 0 Å². The van der Waals surface area contributed by atoms with E-state index in [9.17, 15) is 0 Å². The molecule has 2 rings (SSSR count).